The van der Waals surface area contributed by atoms with Gasteiger partial charge in [-0.3, -0.25) is 19.8 Å². The zero-order valence-corrected chi connectivity index (χ0v) is 17.2. The Morgan fingerprint density at radius 1 is 1.00 bits per heavy atom. The van der Waals surface area contributed by atoms with Crippen LogP contribution in [0.15, 0.2) is 86.7 Å². The number of amides is 2. The summed E-state index contributed by atoms with van der Waals surface area (Å²) < 4.78 is 5.76. The molecule has 0 radical (unpaired) electrons. The number of halogens is 1. The third-order valence-corrected chi connectivity index (χ3v) is 5.58. The van der Waals surface area contributed by atoms with Crippen molar-refractivity contribution in [3.63, 3.8) is 0 Å². The Kier molecular flexibility index (Phi) is 5.53. The number of hydrogen-bond acceptors (Lipinski definition) is 5. The van der Waals surface area contributed by atoms with Gasteiger partial charge in [0, 0.05) is 4.90 Å². The number of nitrogens with one attached hydrogen (secondary N) is 1. The first-order chi connectivity index (χ1) is 14.0. The second-order valence-electron chi connectivity index (χ2n) is 5.98. The molecule has 8 heteroatoms. The Balaban J connectivity index is 1.63. The summed E-state index contributed by atoms with van der Waals surface area (Å²) in [6.07, 6.45) is 1.40. The molecule has 1 N–H and O–H groups in total. The highest BCUT2D eigenvalue weighted by molar-refractivity contribution is 7.99. The summed E-state index contributed by atoms with van der Waals surface area (Å²) in [5.74, 6) is -0.772. The average Bonchev–Trinajstić information content (AvgIpc) is 3.14. The normalized spacial score (nSPS) is 15.7. The highest BCUT2D eigenvalue weighted by atomic mass is 35.5. The molecule has 1 aromatic heterocycles. The Morgan fingerprint density at radius 3 is 2.48 bits per heavy atom. The fourth-order valence-corrected chi connectivity index (χ4v) is 4.02. The summed E-state index contributed by atoms with van der Waals surface area (Å²) in [5, 5.41) is 3.49. The first kappa shape index (κ1) is 19.4. The topological polar surface area (TPSA) is 62.6 Å². The van der Waals surface area contributed by atoms with E-state index in [2.05, 4.69) is 5.32 Å². The lowest BCUT2D eigenvalue weighted by Crippen LogP contribution is -2.54. The number of thiocarbonyl (C=S) groups is 1. The van der Waals surface area contributed by atoms with E-state index in [0.717, 1.165) is 4.90 Å². The first-order valence-electron chi connectivity index (χ1n) is 8.51. The van der Waals surface area contributed by atoms with E-state index in [1.165, 1.54) is 22.7 Å². The van der Waals surface area contributed by atoms with Crippen LogP contribution in [0.1, 0.15) is 5.76 Å². The third-order valence-electron chi connectivity index (χ3n) is 4.05. The number of anilines is 1. The zero-order chi connectivity index (χ0) is 20.4. The average molecular weight is 441 g/mol. The Labute approximate surface area is 181 Å². The van der Waals surface area contributed by atoms with E-state index >= 15 is 0 Å². The van der Waals surface area contributed by atoms with Crippen LogP contribution in [0.5, 0.6) is 0 Å². The molecule has 4 rings (SSSR count). The summed E-state index contributed by atoms with van der Waals surface area (Å²) in [5.41, 5.74) is 0.305. The number of rotatable bonds is 4. The maximum Gasteiger partial charge on any atom is 0.270 e. The third kappa shape index (κ3) is 4.12. The van der Waals surface area contributed by atoms with Gasteiger partial charge in [-0.2, -0.15) is 0 Å². The van der Waals surface area contributed by atoms with Crippen LogP contribution in [0.4, 0.5) is 5.69 Å². The van der Waals surface area contributed by atoms with Gasteiger partial charge >= 0.3 is 0 Å². The largest absolute Gasteiger partial charge is 0.450 e. The number of furan rings is 1. The molecule has 0 saturated carbocycles. The first-order valence-corrected chi connectivity index (χ1v) is 10.1. The molecule has 1 saturated heterocycles. The monoisotopic (exact) mass is 440 g/mol. The predicted octanol–water partition coefficient (Wildman–Crippen LogP) is 4.92. The van der Waals surface area contributed by atoms with Crippen molar-refractivity contribution in [3.8, 4) is 0 Å². The molecule has 0 bridgehead atoms. The molecule has 2 amide bonds. The van der Waals surface area contributed by atoms with Crippen molar-refractivity contribution in [2.45, 2.75) is 9.99 Å². The Hall–Kier alpha value is -2.87. The predicted molar refractivity (Wildman–Crippen MR) is 117 cm³/mol. The number of carbonyl (C=O) groups is 2. The molecule has 1 fully saturated rings. The van der Waals surface area contributed by atoms with Gasteiger partial charge in [-0.25, -0.2) is 0 Å². The molecule has 3 aromatic rings. The lowest BCUT2D eigenvalue weighted by atomic mass is 10.1. The lowest BCUT2D eigenvalue weighted by molar-refractivity contribution is -0.122. The molecule has 0 atom stereocenters. The van der Waals surface area contributed by atoms with Gasteiger partial charge < -0.3 is 4.42 Å². The molecule has 2 aromatic carbocycles. The van der Waals surface area contributed by atoms with Crippen molar-refractivity contribution in [1.82, 2.24) is 5.32 Å². The quantitative estimate of drug-likeness (QED) is 0.354. The summed E-state index contributed by atoms with van der Waals surface area (Å²) in [6.45, 7) is 0. The molecule has 2 heterocycles. The molecule has 144 valence electrons. The highest BCUT2D eigenvalue weighted by Crippen LogP contribution is 2.31. The van der Waals surface area contributed by atoms with Gasteiger partial charge in [0.2, 0.25) is 0 Å². The van der Waals surface area contributed by atoms with Crippen LogP contribution in [-0.4, -0.2) is 16.9 Å². The minimum atomic E-state index is -0.586. The van der Waals surface area contributed by atoms with Crippen molar-refractivity contribution in [1.29, 1.82) is 0 Å². The molecule has 1 aliphatic rings. The van der Waals surface area contributed by atoms with E-state index in [1.807, 2.05) is 30.3 Å². The van der Waals surface area contributed by atoms with E-state index in [4.69, 9.17) is 28.2 Å². The molecule has 0 aliphatic carbocycles. The van der Waals surface area contributed by atoms with Crippen molar-refractivity contribution < 1.29 is 14.0 Å². The second-order valence-corrected chi connectivity index (χ2v) is 7.85. The number of para-hydroxylation sites is 1. The van der Waals surface area contributed by atoms with Crippen LogP contribution < -0.4 is 10.2 Å². The van der Waals surface area contributed by atoms with Crippen molar-refractivity contribution in [3.05, 3.63) is 83.1 Å². The zero-order valence-electron chi connectivity index (χ0n) is 14.8. The summed E-state index contributed by atoms with van der Waals surface area (Å²) in [7, 11) is 0. The van der Waals surface area contributed by atoms with Gasteiger partial charge in [0.1, 0.15) is 11.3 Å². The molecule has 0 spiro atoms. The van der Waals surface area contributed by atoms with Crippen LogP contribution in [0.25, 0.3) is 6.08 Å². The Morgan fingerprint density at radius 2 is 1.72 bits per heavy atom. The minimum Gasteiger partial charge on any atom is -0.450 e. The minimum absolute atomic E-state index is 0.0231. The fraction of sp³-hybridized carbons (Fsp3) is 0. The number of hydrogen-bond donors (Lipinski definition) is 1. The van der Waals surface area contributed by atoms with E-state index in [0.29, 0.717) is 21.6 Å². The van der Waals surface area contributed by atoms with E-state index in [1.54, 1.807) is 36.4 Å². The number of carbonyl (C=O) groups excluding carboxylic acids is 2. The van der Waals surface area contributed by atoms with Crippen LogP contribution in [-0.2, 0) is 9.59 Å². The molecular formula is C21H13ClN2O3S2. The van der Waals surface area contributed by atoms with Crippen molar-refractivity contribution >= 4 is 64.3 Å². The van der Waals surface area contributed by atoms with Gasteiger partial charge in [0.15, 0.2) is 10.2 Å². The van der Waals surface area contributed by atoms with Gasteiger partial charge in [-0.1, -0.05) is 53.7 Å². The number of benzene rings is 2. The van der Waals surface area contributed by atoms with E-state index < -0.39 is 11.8 Å². The van der Waals surface area contributed by atoms with Gasteiger partial charge in [0.05, 0.1) is 10.7 Å². The van der Waals surface area contributed by atoms with Gasteiger partial charge in [0.25, 0.3) is 11.8 Å². The molecule has 0 unspecified atom stereocenters. The smallest absolute Gasteiger partial charge is 0.270 e. The fourth-order valence-electron chi connectivity index (χ4n) is 2.72. The van der Waals surface area contributed by atoms with Gasteiger partial charge in [-0.05, 0) is 54.7 Å². The molecule has 1 aliphatic heterocycles. The SMILES string of the molecule is O=C1NC(=S)N(c2ccccc2Cl)C(=O)/C1=C/c1ccc(Sc2ccccc2)o1. The van der Waals surface area contributed by atoms with Crippen LogP contribution in [0, 0.1) is 0 Å². The molecule has 29 heavy (non-hydrogen) atoms. The molecule has 5 nitrogen and oxygen atoms in total. The van der Waals surface area contributed by atoms with E-state index in [-0.39, 0.29) is 10.7 Å². The maximum atomic E-state index is 13.0. The Bertz CT molecular complexity index is 1140. The van der Waals surface area contributed by atoms with Crippen LogP contribution in [0.3, 0.4) is 0 Å². The van der Waals surface area contributed by atoms with Crippen LogP contribution in [0.2, 0.25) is 5.02 Å². The van der Waals surface area contributed by atoms with Crippen molar-refractivity contribution in [2.75, 3.05) is 4.90 Å². The van der Waals surface area contributed by atoms with Gasteiger partial charge in [-0.15, -0.1) is 0 Å². The molecular weight excluding hydrogens is 428 g/mol. The summed E-state index contributed by atoms with van der Waals surface area (Å²) >= 11 is 12.8. The highest BCUT2D eigenvalue weighted by Gasteiger charge is 2.35. The maximum absolute atomic E-state index is 13.0. The second kappa shape index (κ2) is 8.24. The van der Waals surface area contributed by atoms with E-state index in [9.17, 15) is 9.59 Å². The summed E-state index contributed by atoms with van der Waals surface area (Å²) in [4.78, 5) is 27.6. The standard InChI is InChI=1S/C21H13ClN2O3S2/c22-16-8-4-5-9-17(16)24-20(26)15(19(25)23-21(24)28)12-13-10-11-18(27-13)29-14-6-2-1-3-7-14/h1-12H,(H,23,25,28)/b15-12+. The number of nitrogens with zero attached hydrogens (tertiary/aromatic N) is 1. The summed E-state index contributed by atoms with van der Waals surface area (Å²) in [6, 6.07) is 20.0. The van der Waals surface area contributed by atoms with Crippen LogP contribution >= 0.6 is 35.6 Å². The lowest BCUT2D eigenvalue weighted by Gasteiger charge is -2.29. The van der Waals surface area contributed by atoms with Crippen molar-refractivity contribution in [2.24, 2.45) is 0 Å².